The molecule has 0 bridgehead atoms. The molecule has 1 aromatic heterocycles. The molecule has 1 atom stereocenters. The van der Waals surface area contributed by atoms with Gasteiger partial charge in [0.2, 0.25) is 0 Å². The van der Waals surface area contributed by atoms with E-state index in [-0.39, 0.29) is 6.04 Å². The Labute approximate surface area is 130 Å². The van der Waals surface area contributed by atoms with Crippen LogP contribution in [0, 0.1) is 17.5 Å². The molecule has 1 unspecified atom stereocenters. The maximum Gasteiger partial charge on any atom is 0.194 e. The summed E-state index contributed by atoms with van der Waals surface area (Å²) in [5.41, 5.74) is 0.393. The second-order valence-corrected chi connectivity index (χ2v) is 6.51. The minimum atomic E-state index is -1.44. The largest absolute Gasteiger partial charge is 0.310 e. The van der Waals surface area contributed by atoms with Crippen molar-refractivity contribution in [3.05, 3.63) is 56.5 Å². The fraction of sp³-hybridized carbons (Fsp3) is 0.333. The van der Waals surface area contributed by atoms with E-state index in [2.05, 4.69) is 5.32 Å². The summed E-state index contributed by atoms with van der Waals surface area (Å²) < 4.78 is 40.5. The molecule has 6 heteroatoms. The molecule has 0 fully saturated rings. The van der Waals surface area contributed by atoms with Gasteiger partial charge in [-0.2, -0.15) is 0 Å². The summed E-state index contributed by atoms with van der Waals surface area (Å²) in [5.74, 6) is -3.78. The van der Waals surface area contributed by atoms with Gasteiger partial charge in [-0.25, -0.2) is 13.2 Å². The number of rotatable bonds is 6. The van der Waals surface area contributed by atoms with Gasteiger partial charge in [0.25, 0.3) is 0 Å². The van der Waals surface area contributed by atoms with E-state index in [9.17, 15) is 13.2 Å². The first-order chi connectivity index (χ1) is 10.0. The SMILES string of the molecule is CCCNC(Cc1ccc(Cl)s1)c1cc(F)c(F)c(F)c1. The van der Waals surface area contributed by atoms with Crippen molar-refractivity contribution in [1.82, 2.24) is 5.32 Å². The number of benzene rings is 1. The third kappa shape index (κ3) is 4.22. The molecule has 114 valence electrons. The standard InChI is InChI=1S/C15H15ClF3NS/c1-2-5-20-13(8-10-3-4-14(16)21-10)9-6-11(17)15(19)12(18)7-9/h3-4,6-7,13,20H,2,5,8H2,1H3. The minimum absolute atomic E-state index is 0.288. The van der Waals surface area contributed by atoms with Gasteiger partial charge in [0.05, 0.1) is 4.34 Å². The average molecular weight is 334 g/mol. The summed E-state index contributed by atoms with van der Waals surface area (Å²) in [6.07, 6.45) is 1.43. The third-order valence-electron chi connectivity index (χ3n) is 3.08. The van der Waals surface area contributed by atoms with Gasteiger partial charge in [-0.05, 0) is 42.8 Å². The Hall–Kier alpha value is -1.04. The van der Waals surface area contributed by atoms with Crippen molar-refractivity contribution >= 4 is 22.9 Å². The summed E-state index contributed by atoms with van der Waals surface area (Å²) >= 11 is 7.31. The molecule has 1 heterocycles. The summed E-state index contributed by atoms with van der Waals surface area (Å²) in [7, 11) is 0. The highest BCUT2D eigenvalue weighted by Crippen LogP contribution is 2.28. The van der Waals surface area contributed by atoms with E-state index in [0.717, 1.165) is 23.4 Å². The maximum atomic E-state index is 13.4. The molecule has 1 aromatic carbocycles. The van der Waals surface area contributed by atoms with Gasteiger partial charge < -0.3 is 5.32 Å². The van der Waals surface area contributed by atoms with Gasteiger partial charge in [0.15, 0.2) is 17.5 Å². The van der Waals surface area contributed by atoms with Crippen LogP contribution >= 0.6 is 22.9 Å². The van der Waals surface area contributed by atoms with Crippen molar-refractivity contribution in [3.8, 4) is 0 Å². The first-order valence-corrected chi connectivity index (χ1v) is 7.82. The number of halogens is 4. The zero-order valence-corrected chi connectivity index (χ0v) is 13.0. The molecule has 0 saturated carbocycles. The van der Waals surface area contributed by atoms with Crippen molar-refractivity contribution in [3.63, 3.8) is 0 Å². The average Bonchev–Trinajstić information content (AvgIpc) is 2.85. The summed E-state index contributed by atoms with van der Waals surface area (Å²) in [6.45, 7) is 2.70. The molecule has 21 heavy (non-hydrogen) atoms. The molecular formula is C15H15ClF3NS. The highest BCUT2D eigenvalue weighted by atomic mass is 35.5. The van der Waals surface area contributed by atoms with Gasteiger partial charge >= 0.3 is 0 Å². The van der Waals surface area contributed by atoms with Gasteiger partial charge in [-0.1, -0.05) is 18.5 Å². The molecule has 2 aromatic rings. The normalized spacial score (nSPS) is 12.6. The number of thiophene rings is 1. The first-order valence-electron chi connectivity index (χ1n) is 6.63. The number of hydrogen-bond acceptors (Lipinski definition) is 2. The van der Waals surface area contributed by atoms with E-state index in [4.69, 9.17) is 11.6 Å². The fourth-order valence-corrected chi connectivity index (χ4v) is 3.20. The van der Waals surface area contributed by atoms with E-state index in [1.165, 1.54) is 11.3 Å². The Morgan fingerprint density at radius 1 is 1.19 bits per heavy atom. The summed E-state index contributed by atoms with van der Waals surface area (Å²) in [4.78, 5) is 0.999. The van der Waals surface area contributed by atoms with Crippen LogP contribution in [0.15, 0.2) is 24.3 Å². The monoisotopic (exact) mass is 333 g/mol. The fourth-order valence-electron chi connectivity index (χ4n) is 2.07. The Balaban J connectivity index is 2.26. The summed E-state index contributed by atoms with van der Waals surface area (Å²) in [6, 6.07) is 5.46. The van der Waals surface area contributed by atoms with E-state index in [1.54, 1.807) is 6.07 Å². The lowest BCUT2D eigenvalue weighted by Crippen LogP contribution is -2.24. The van der Waals surface area contributed by atoms with E-state index in [0.29, 0.717) is 22.9 Å². The third-order valence-corrected chi connectivity index (χ3v) is 4.34. The lowest BCUT2D eigenvalue weighted by atomic mass is 10.0. The molecule has 0 saturated heterocycles. The van der Waals surface area contributed by atoms with Crippen molar-refractivity contribution in [1.29, 1.82) is 0 Å². The Bertz CT molecular complexity index is 592. The number of hydrogen-bond donors (Lipinski definition) is 1. The lowest BCUT2D eigenvalue weighted by molar-refractivity contribution is 0.438. The molecule has 0 aliphatic heterocycles. The van der Waals surface area contributed by atoms with Crippen LogP contribution in [0.2, 0.25) is 4.34 Å². The lowest BCUT2D eigenvalue weighted by Gasteiger charge is -2.19. The molecular weight excluding hydrogens is 319 g/mol. The van der Waals surface area contributed by atoms with Crippen LogP contribution in [0.5, 0.6) is 0 Å². The van der Waals surface area contributed by atoms with E-state index >= 15 is 0 Å². The van der Waals surface area contributed by atoms with Crippen LogP contribution in [0.4, 0.5) is 13.2 Å². The highest BCUT2D eigenvalue weighted by Gasteiger charge is 2.18. The molecule has 0 aliphatic carbocycles. The Morgan fingerprint density at radius 3 is 2.38 bits per heavy atom. The van der Waals surface area contributed by atoms with E-state index in [1.807, 2.05) is 13.0 Å². The molecule has 0 aliphatic rings. The van der Waals surface area contributed by atoms with Gasteiger partial charge in [0.1, 0.15) is 0 Å². The molecule has 2 rings (SSSR count). The Morgan fingerprint density at radius 2 is 1.86 bits per heavy atom. The molecule has 0 radical (unpaired) electrons. The molecule has 0 spiro atoms. The summed E-state index contributed by atoms with van der Waals surface area (Å²) in [5, 5.41) is 3.23. The zero-order valence-electron chi connectivity index (χ0n) is 11.4. The topological polar surface area (TPSA) is 12.0 Å². The maximum absolute atomic E-state index is 13.4. The first kappa shape index (κ1) is 16.3. The second kappa shape index (κ2) is 7.29. The van der Waals surface area contributed by atoms with E-state index < -0.39 is 17.5 Å². The Kier molecular flexibility index (Phi) is 5.67. The van der Waals surface area contributed by atoms with Crippen LogP contribution in [0.25, 0.3) is 0 Å². The molecule has 0 amide bonds. The second-order valence-electron chi connectivity index (χ2n) is 4.72. The van der Waals surface area contributed by atoms with Crippen molar-refractivity contribution in [2.24, 2.45) is 0 Å². The predicted octanol–water partition coefficient (Wildman–Crippen LogP) is 5.10. The highest BCUT2D eigenvalue weighted by molar-refractivity contribution is 7.16. The van der Waals surface area contributed by atoms with Gasteiger partial charge in [-0.15, -0.1) is 11.3 Å². The predicted molar refractivity (Wildman–Crippen MR) is 80.4 cm³/mol. The minimum Gasteiger partial charge on any atom is -0.310 e. The zero-order chi connectivity index (χ0) is 15.4. The van der Waals surface area contributed by atoms with Crippen molar-refractivity contribution in [2.75, 3.05) is 6.54 Å². The van der Waals surface area contributed by atoms with Crippen LogP contribution in [0.1, 0.15) is 29.8 Å². The molecule has 1 N–H and O–H groups in total. The van der Waals surface area contributed by atoms with Crippen LogP contribution in [-0.4, -0.2) is 6.54 Å². The van der Waals surface area contributed by atoms with Gasteiger partial charge in [-0.3, -0.25) is 0 Å². The van der Waals surface area contributed by atoms with Crippen molar-refractivity contribution in [2.45, 2.75) is 25.8 Å². The van der Waals surface area contributed by atoms with Crippen molar-refractivity contribution < 1.29 is 13.2 Å². The molecule has 1 nitrogen and oxygen atoms in total. The van der Waals surface area contributed by atoms with Crippen LogP contribution in [0.3, 0.4) is 0 Å². The quantitative estimate of drug-likeness (QED) is 0.725. The van der Waals surface area contributed by atoms with Gasteiger partial charge in [0, 0.05) is 17.3 Å². The smallest absolute Gasteiger partial charge is 0.194 e. The number of nitrogens with one attached hydrogen (secondary N) is 1. The van der Waals surface area contributed by atoms with Crippen LogP contribution in [-0.2, 0) is 6.42 Å². The van der Waals surface area contributed by atoms with Crippen LogP contribution < -0.4 is 5.32 Å².